The minimum Gasteiger partial charge on any atom is -0.325 e. The predicted molar refractivity (Wildman–Crippen MR) is 124 cm³/mol. The lowest BCUT2D eigenvalue weighted by molar-refractivity contribution is -0.115. The molecule has 2 aromatic heterocycles. The van der Waals surface area contributed by atoms with E-state index in [0.717, 1.165) is 17.7 Å². The van der Waals surface area contributed by atoms with Crippen molar-refractivity contribution in [2.45, 2.75) is 30.7 Å². The maximum Gasteiger partial charge on any atom is 0.237 e. The Hall–Kier alpha value is -3.52. The van der Waals surface area contributed by atoms with Crippen molar-refractivity contribution >= 4 is 23.4 Å². The van der Waals surface area contributed by atoms with E-state index in [0.29, 0.717) is 16.7 Å². The van der Waals surface area contributed by atoms with Crippen LogP contribution in [-0.2, 0) is 11.2 Å². The number of rotatable bonds is 7. The van der Waals surface area contributed by atoms with E-state index in [2.05, 4.69) is 27.4 Å². The molecule has 4 rings (SSSR count). The second-order valence-corrected chi connectivity index (χ2v) is 8.46. The molecule has 0 aliphatic heterocycles. The lowest BCUT2D eigenvalue weighted by atomic mass is 10.1. The average Bonchev–Trinajstić information content (AvgIpc) is 3.24. The molecular formula is C24H22FN5OS. The van der Waals surface area contributed by atoms with Gasteiger partial charge in [-0.1, -0.05) is 30.8 Å². The molecule has 162 valence electrons. The highest BCUT2D eigenvalue weighted by atomic mass is 32.2. The standard InChI is InChI=1S/C24H22FN5OS/c1-3-17-4-8-20(9-5-17)27-23(31)16(2)32-24-29-28-22(18-12-14-26-15-13-18)30(24)21-10-6-19(25)7-11-21/h4-16H,3H2,1-2H3,(H,27,31). The molecule has 2 aromatic carbocycles. The number of hydrogen-bond donors (Lipinski definition) is 1. The van der Waals surface area contributed by atoms with Crippen molar-refractivity contribution in [3.8, 4) is 17.1 Å². The zero-order valence-corrected chi connectivity index (χ0v) is 18.5. The molecular weight excluding hydrogens is 425 g/mol. The Labute approximate surface area is 189 Å². The zero-order valence-electron chi connectivity index (χ0n) is 17.7. The first kappa shape index (κ1) is 21.7. The Bertz CT molecular complexity index is 1190. The van der Waals surface area contributed by atoms with Gasteiger partial charge in [0.2, 0.25) is 5.91 Å². The van der Waals surface area contributed by atoms with Gasteiger partial charge in [-0.05, 0) is 67.4 Å². The molecule has 0 bridgehead atoms. The number of nitrogens with one attached hydrogen (secondary N) is 1. The average molecular weight is 448 g/mol. The van der Waals surface area contributed by atoms with E-state index in [-0.39, 0.29) is 11.7 Å². The summed E-state index contributed by atoms with van der Waals surface area (Å²) in [5.41, 5.74) is 3.48. The van der Waals surface area contributed by atoms with E-state index in [4.69, 9.17) is 0 Å². The van der Waals surface area contributed by atoms with Crippen LogP contribution < -0.4 is 5.32 Å². The van der Waals surface area contributed by atoms with Crippen molar-refractivity contribution in [1.82, 2.24) is 19.7 Å². The number of aryl methyl sites for hydroxylation is 1. The third kappa shape index (κ3) is 4.86. The number of hydrogen-bond acceptors (Lipinski definition) is 5. The third-order valence-electron chi connectivity index (χ3n) is 4.94. The van der Waals surface area contributed by atoms with Gasteiger partial charge in [0.25, 0.3) is 0 Å². The summed E-state index contributed by atoms with van der Waals surface area (Å²) >= 11 is 1.29. The normalized spacial score (nSPS) is 11.8. The molecule has 1 unspecified atom stereocenters. The number of pyridine rings is 1. The van der Waals surface area contributed by atoms with Crippen LogP contribution in [0.5, 0.6) is 0 Å². The summed E-state index contributed by atoms with van der Waals surface area (Å²) in [6.45, 7) is 3.90. The van der Waals surface area contributed by atoms with E-state index >= 15 is 0 Å². The van der Waals surface area contributed by atoms with E-state index in [1.165, 1.54) is 29.5 Å². The molecule has 0 fully saturated rings. The second-order valence-electron chi connectivity index (χ2n) is 7.15. The highest BCUT2D eigenvalue weighted by Gasteiger charge is 2.22. The van der Waals surface area contributed by atoms with Crippen molar-refractivity contribution in [2.75, 3.05) is 5.32 Å². The Morgan fingerprint density at radius 1 is 1.03 bits per heavy atom. The number of benzene rings is 2. The van der Waals surface area contributed by atoms with E-state index < -0.39 is 5.25 Å². The zero-order chi connectivity index (χ0) is 22.5. The van der Waals surface area contributed by atoms with Gasteiger partial charge in [0.05, 0.1) is 5.25 Å². The topological polar surface area (TPSA) is 72.7 Å². The molecule has 0 saturated heterocycles. The molecule has 6 nitrogen and oxygen atoms in total. The summed E-state index contributed by atoms with van der Waals surface area (Å²) in [7, 11) is 0. The predicted octanol–water partition coefficient (Wildman–Crippen LogP) is 5.15. The van der Waals surface area contributed by atoms with Crippen LogP contribution in [0.1, 0.15) is 19.4 Å². The smallest absolute Gasteiger partial charge is 0.237 e. The van der Waals surface area contributed by atoms with Crippen LogP contribution >= 0.6 is 11.8 Å². The maximum atomic E-state index is 13.5. The summed E-state index contributed by atoms with van der Waals surface area (Å²) in [6.07, 6.45) is 4.29. The van der Waals surface area contributed by atoms with Crippen molar-refractivity contribution in [3.63, 3.8) is 0 Å². The van der Waals surface area contributed by atoms with Gasteiger partial charge in [0.1, 0.15) is 5.82 Å². The quantitative estimate of drug-likeness (QED) is 0.397. The fourth-order valence-electron chi connectivity index (χ4n) is 3.14. The van der Waals surface area contributed by atoms with Crippen LogP contribution in [0.2, 0.25) is 0 Å². The molecule has 32 heavy (non-hydrogen) atoms. The fraction of sp³-hybridized carbons (Fsp3) is 0.167. The molecule has 0 radical (unpaired) electrons. The van der Waals surface area contributed by atoms with Crippen LogP contribution in [-0.4, -0.2) is 30.9 Å². The van der Waals surface area contributed by atoms with Gasteiger partial charge in [-0.2, -0.15) is 0 Å². The molecule has 1 atom stereocenters. The summed E-state index contributed by atoms with van der Waals surface area (Å²) in [4.78, 5) is 16.8. The van der Waals surface area contributed by atoms with E-state index in [9.17, 15) is 9.18 Å². The minimum atomic E-state index is -0.436. The van der Waals surface area contributed by atoms with Crippen LogP contribution in [0.4, 0.5) is 10.1 Å². The number of carbonyl (C=O) groups excluding carboxylic acids is 1. The Morgan fingerprint density at radius 3 is 2.38 bits per heavy atom. The fourth-order valence-corrected chi connectivity index (χ4v) is 4.00. The van der Waals surface area contributed by atoms with E-state index in [1.807, 2.05) is 47.9 Å². The number of anilines is 1. The monoisotopic (exact) mass is 447 g/mol. The molecule has 8 heteroatoms. The first-order chi connectivity index (χ1) is 15.5. The maximum absolute atomic E-state index is 13.5. The molecule has 0 spiro atoms. The number of halogens is 1. The second kappa shape index (κ2) is 9.74. The minimum absolute atomic E-state index is 0.140. The van der Waals surface area contributed by atoms with Crippen LogP contribution in [0, 0.1) is 5.82 Å². The van der Waals surface area contributed by atoms with Gasteiger partial charge in [-0.25, -0.2) is 4.39 Å². The van der Waals surface area contributed by atoms with Crippen molar-refractivity contribution < 1.29 is 9.18 Å². The summed E-state index contributed by atoms with van der Waals surface area (Å²) in [5.74, 6) is 0.117. The van der Waals surface area contributed by atoms with Gasteiger partial charge >= 0.3 is 0 Å². The summed E-state index contributed by atoms with van der Waals surface area (Å²) in [5, 5.41) is 11.7. The lowest BCUT2D eigenvalue weighted by Crippen LogP contribution is -2.22. The molecule has 0 saturated carbocycles. The molecule has 4 aromatic rings. The first-order valence-corrected chi connectivity index (χ1v) is 11.1. The van der Waals surface area contributed by atoms with E-state index in [1.54, 1.807) is 24.5 Å². The van der Waals surface area contributed by atoms with Crippen molar-refractivity contribution in [2.24, 2.45) is 0 Å². The SMILES string of the molecule is CCc1ccc(NC(=O)C(C)Sc2nnc(-c3ccncc3)n2-c2ccc(F)cc2)cc1. The molecule has 2 heterocycles. The van der Waals surface area contributed by atoms with Gasteiger partial charge < -0.3 is 5.32 Å². The van der Waals surface area contributed by atoms with Crippen LogP contribution in [0.25, 0.3) is 17.1 Å². The molecule has 0 aliphatic rings. The molecule has 0 aliphatic carbocycles. The highest BCUT2D eigenvalue weighted by Crippen LogP contribution is 2.30. The van der Waals surface area contributed by atoms with Gasteiger partial charge in [-0.15, -0.1) is 10.2 Å². The number of thioether (sulfide) groups is 1. The summed E-state index contributed by atoms with van der Waals surface area (Å²) < 4.78 is 15.3. The molecule has 1 amide bonds. The number of amides is 1. The van der Waals surface area contributed by atoms with Crippen molar-refractivity contribution in [3.05, 3.63) is 84.4 Å². The Kier molecular flexibility index (Phi) is 6.61. The Morgan fingerprint density at radius 2 is 1.72 bits per heavy atom. The lowest BCUT2D eigenvalue weighted by Gasteiger charge is -2.14. The van der Waals surface area contributed by atoms with Gasteiger partial charge in [0, 0.05) is 29.3 Å². The molecule has 1 N–H and O–H groups in total. The largest absolute Gasteiger partial charge is 0.325 e. The van der Waals surface area contributed by atoms with Gasteiger partial charge in [-0.3, -0.25) is 14.3 Å². The summed E-state index contributed by atoms with van der Waals surface area (Å²) in [6, 6.07) is 17.5. The number of nitrogens with zero attached hydrogens (tertiary/aromatic N) is 4. The first-order valence-electron chi connectivity index (χ1n) is 10.2. The highest BCUT2D eigenvalue weighted by molar-refractivity contribution is 8.00. The third-order valence-corrected chi connectivity index (χ3v) is 5.98. The number of aromatic nitrogens is 4. The Balaban J connectivity index is 1.60. The van der Waals surface area contributed by atoms with Crippen LogP contribution in [0.15, 0.2) is 78.2 Å². The van der Waals surface area contributed by atoms with Crippen LogP contribution in [0.3, 0.4) is 0 Å². The van der Waals surface area contributed by atoms with Gasteiger partial charge in [0.15, 0.2) is 11.0 Å². The number of carbonyl (C=O) groups is 1. The van der Waals surface area contributed by atoms with Crippen molar-refractivity contribution in [1.29, 1.82) is 0 Å².